The van der Waals surface area contributed by atoms with E-state index >= 15 is 0 Å². The number of carboxylic acids is 1. The third-order valence-corrected chi connectivity index (χ3v) is 3.60. The number of carbonyl (C=O) groups excluding carboxylic acids is 2. The lowest BCUT2D eigenvalue weighted by atomic mass is 9.85. The van der Waals surface area contributed by atoms with Crippen molar-refractivity contribution >= 4 is 11.9 Å². The lowest BCUT2D eigenvalue weighted by Crippen LogP contribution is -2.51. The Morgan fingerprint density at radius 2 is 1.87 bits per heavy atom. The minimum Gasteiger partial charge on any atom is -0.548 e. The van der Waals surface area contributed by atoms with Crippen LogP contribution >= 0.6 is 0 Å². The molecule has 1 rings (SSSR count). The van der Waals surface area contributed by atoms with Crippen molar-refractivity contribution in [1.82, 2.24) is 5.32 Å². The van der Waals surface area contributed by atoms with E-state index in [2.05, 4.69) is 26.1 Å². The van der Waals surface area contributed by atoms with Gasteiger partial charge in [-0.15, -0.1) is 0 Å². The minimum atomic E-state index is -1.29. The van der Waals surface area contributed by atoms with Crippen molar-refractivity contribution in [3.8, 4) is 5.75 Å². The highest BCUT2D eigenvalue weighted by molar-refractivity contribution is 5.83. The Morgan fingerprint density at radius 3 is 2.35 bits per heavy atom. The van der Waals surface area contributed by atoms with Gasteiger partial charge in [0.1, 0.15) is 5.75 Å². The number of rotatable bonds is 6. The molecular formula is C18H26NO4-. The highest BCUT2D eigenvalue weighted by Gasteiger charge is 2.22. The van der Waals surface area contributed by atoms with Gasteiger partial charge in [-0.3, -0.25) is 4.79 Å². The van der Waals surface area contributed by atoms with Crippen LogP contribution in [0.5, 0.6) is 5.75 Å². The maximum atomic E-state index is 12.0. The third-order valence-electron chi connectivity index (χ3n) is 3.60. The summed E-state index contributed by atoms with van der Waals surface area (Å²) in [6, 6.07) is 4.82. The first kappa shape index (κ1) is 19.0. The quantitative estimate of drug-likeness (QED) is 0.863. The predicted molar refractivity (Wildman–Crippen MR) is 87.1 cm³/mol. The van der Waals surface area contributed by atoms with E-state index in [0.29, 0.717) is 5.75 Å². The maximum Gasteiger partial charge on any atom is 0.258 e. The minimum absolute atomic E-state index is 0.122. The number of carbonyl (C=O) groups is 2. The number of hydrogen-bond donors (Lipinski definition) is 1. The lowest BCUT2D eigenvalue weighted by Gasteiger charge is -2.25. The first-order valence-corrected chi connectivity index (χ1v) is 7.77. The fourth-order valence-corrected chi connectivity index (χ4v) is 2.29. The smallest absolute Gasteiger partial charge is 0.258 e. The van der Waals surface area contributed by atoms with Crippen LogP contribution in [0.25, 0.3) is 0 Å². The van der Waals surface area contributed by atoms with Gasteiger partial charge in [0.25, 0.3) is 5.91 Å². The Labute approximate surface area is 138 Å². The van der Waals surface area contributed by atoms with Crippen molar-refractivity contribution in [3.63, 3.8) is 0 Å². The van der Waals surface area contributed by atoms with Gasteiger partial charge in [-0.1, -0.05) is 52.8 Å². The van der Waals surface area contributed by atoms with Gasteiger partial charge in [0.2, 0.25) is 0 Å². The number of para-hydroxylation sites is 1. The van der Waals surface area contributed by atoms with Gasteiger partial charge in [-0.25, -0.2) is 0 Å². The van der Waals surface area contributed by atoms with Crippen molar-refractivity contribution in [2.75, 3.05) is 6.61 Å². The van der Waals surface area contributed by atoms with E-state index in [4.69, 9.17) is 4.74 Å². The second kappa shape index (κ2) is 7.49. The molecule has 1 amide bonds. The summed E-state index contributed by atoms with van der Waals surface area (Å²) in [6.07, 6.45) is 0. The van der Waals surface area contributed by atoms with Crippen LogP contribution < -0.4 is 15.2 Å². The van der Waals surface area contributed by atoms with Gasteiger partial charge in [0.05, 0.1) is 12.0 Å². The molecule has 0 heterocycles. The molecule has 0 aliphatic heterocycles. The summed E-state index contributed by atoms with van der Waals surface area (Å²) in [4.78, 5) is 23.0. The Morgan fingerprint density at radius 1 is 1.26 bits per heavy atom. The summed E-state index contributed by atoms with van der Waals surface area (Å²) in [5.41, 5.74) is 1.82. The number of nitrogens with one attached hydrogen (secondary N) is 1. The van der Waals surface area contributed by atoms with Gasteiger partial charge < -0.3 is 20.0 Å². The topological polar surface area (TPSA) is 78.5 Å². The van der Waals surface area contributed by atoms with E-state index in [0.717, 1.165) is 11.1 Å². The molecule has 1 atom stereocenters. The molecule has 23 heavy (non-hydrogen) atoms. The largest absolute Gasteiger partial charge is 0.548 e. The first-order chi connectivity index (χ1) is 10.5. The second-order valence-corrected chi connectivity index (χ2v) is 7.10. The van der Waals surface area contributed by atoms with Crippen LogP contribution in [-0.2, 0) is 15.0 Å². The molecule has 0 aliphatic carbocycles. The van der Waals surface area contributed by atoms with E-state index in [-0.39, 0.29) is 17.9 Å². The second-order valence-electron chi connectivity index (χ2n) is 7.10. The predicted octanol–water partition coefficient (Wildman–Crippen LogP) is 1.56. The van der Waals surface area contributed by atoms with Crippen LogP contribution in [-0.4, -0.2) is 24.5 Å². The van der Waals surface area contributed by atoms with E-state index in [1.807, 2.05) is 25.1 Å². The van der Waals surface area contributed by atoms with Crippen molar-refractivity contribution in [3.05, 3.63) is 29.3 Å². The highest BCUT2D eigenvalue weighted by Crippen LogP contribution is 2.33. The maximum absolute atomic E-state index is 12.0. The van der Waals surface area contributed by atoms with Gasteiger partial charge in [-0.05, 0) is 29.4 Å². The van der Waals surface area contributed by atoms with Gasteiger partial charge in [0, 0.05) is 0 Å². The van der Waals surface area contributed by atoms with Crippen LogP contribution in [0.2, 0.25) is 0 Å². The van der Waals surface area contributed by atoms with Gasteiger partial charge in [-0.2, -0.15) is 0 Å². The van der Waals surface area contributed by atoms with Crippen LogP contribution in [0.4, 0.5) is 0 Å². The Hall–Kier alpha value is -2.04. The average molecular weight is 320 g/mol. The van der Waals surface area contributed by atoms with Crippen LogP contribution in [0, 0.1) is 12.8 Å². The molecule has 5 nitrogen and oxygen atoms in total. The van der Waals surface area contributed by atoms with Crippen molar-refractivity contribution in [1.29, 1.82) is 0 Å². The van der Waals surface area contributed by atoms with Crippen molar-refractivity contribution in [2.45, 2.75) is 53.0 Å². The summed E-state index contributed by atoms with van der Waals surface area (Å²) in [5.74, 6) is -1.35. The van der Waals surface area contributed by atoms with Crippen molar-refractivity contribution in [2.24, 2.45) is 5.92 Å². The fraction of sp³-hybridized carbons (Fsp3) is 0.556. The number of carboxylic acid groups (broad SMARTS) is 1. The standard InChI is InChI=1S/C18H27NO4/c1-11(2)15(17(21)22)19-14(20)10-23-16-12(3)8-7-9-13(16)18(4,5)6/h7-9,11,15H,10H2,1-6H3,(H,19,20)(H,21,22)/p-1/t15-/m0/s1. The zero-order chi connectivity index (χ0) is 17.8. The number of benzene rings is 1. The average Bonchev–Trinajstić information content (AvgIpc) is 2.41. The molecule has 0 fully saturated rings. The molecule has 0 aromatic heterocycles. The fourth-order valence-electron chi connectivity index (χ4n) is 2.29. The van der Waals surface area contributed by atoms with Gasteiger partial charge >= 0.3 is 0 Å². The Balaban J connectivity index is 2.83. The van der Waals surface area contributed by atoms with Crippen molar-refractivity contribution < 1.29 is 19.4 Å². The molecule has 128 valence electrons. The van der Waals surface area contributed by atoms with Crippen LogP contribution in [0.15, 0.2) is 18.2 Å². The molecule has 0 saturated carbocycles. The summed E-state index contributed by atoms with van der Waals surface area (Å²) in [5, 5.41) is 13.5. The molecule has 0 bridgehead atoms. The molecule has 0 aliphatic rings. The van der Waals surface area contributed by atoms with Gasteiger partial charge in [0.15, 0.2) is 6.61 Å². The monoisotopic (exact) mass is 320 g/mol. The molecule has 0 unspecified atom stereocenters. The van der Waals surface area contributed by atoms with E-state index in [1.165, 1.54) is 0 Å². The highest BCUT2D eigenvalue weighted by atomic mass is 16.5. The number of aryl methyl sites for hydroxylation is 1. The SMILES string of the molecule is Cc1cccc(C(C)(C)C)c1OCC(=O)N[C@H](C(=O)[O-])C(C)C. The number of amides is 1. The molecule has 1 aromatic rings. The van der Waals surface area contributed by atoms with E-state index < -0.39 is 17.9 Å². The van der Waals surface area contributed by atoms with Crippen LogP contribution in [0.3, 0.4) is 0 Å². The van der Waals surface area contributed by atoms with Crippen LogP contribution in [0.1, 0.15) is 45.7 Å². The first-order valence-electron chi connectivity index (χ1n) is 7.77. The lowest BCUT2D eigenvalue weighted by molar-refractivity contribution is -0.309. The van der Waals surface area contributed by atoms with E-state index in [1.54, 1.807) is 13.8 Å². The number of aliphatic carboxylic acids is 1. The molecule has 1 N–H and O–H groups in total. The zero-order valence-corrected chi connectivity index (χ0v) is 14.7. The molecule has 5 heteroatoms. The zero-order valence-electron chi connectivity index (χ0n) is 14.7. The normalized spacial score (nSPS) is 12.8. The molecule has 1 aromatic carbocycles. The molecule has 0 saturated heterocycles. The van der Waals surface area contributed by atoms with E-state index in [9.17, 15) is 14.7 Å². The summed E-state index contributed by atoms with van der Waals surface area (Å²) < 4.78 is 5.69. The Bertz CT molecular complexity index is 573. The summed E-state index contributed by atoms with van der Waals surface area (Å²) in [6.45, 7) is 11.3. The Kier molecular flexibility index (Phi) is 6.19. The molecular weight excluding hydrogens is 294 g/mol. The number of ether oxygens (including phenoxy) is 1. The summed E-state index contributed by atoms with van der Waals surface area (Å²) in [7, 11) is 0. The summed E-state index contributed by atoms with van der Waals surface area (Å²) >= 11 is 0. The molecule has 0 radical (unpaired) electrons. The number of hydrogen-bond acceptors (Lipinski definition) is 4. The molecule has 0 spiro atoms. The third kappa shape index (κ3) is 5.27.